The van der Waals surface area contributed by atoms with Gasteiger partial charge in [-0.25, -0.2) is 0 Å². The second kappa shape index (κ2) is 8.48. The van der Waals surface area contributed by atoms with Gasteiger partial charge >= 0.3 is 0 Å². The van der Waals surface area contributed by atoms with E-state index in [-0.39, 0.29) is 5.91 Å². The molecule has 0 aliphatic rings. The van der Waals surface area contributed by atoms with E-state index in [0.29, 0.717) is 13.1 Å². The van der Waals surface area contributed by atoms with Crippen LogP contribution in [0.4, 0.5) is 0 Å². The first kappa shape index (κ1) is 17.2. The van der Waals surface area contributed by atoms with Gasteiger partial charge in [0.1, 0.15) is 0 Å². The first-order valence-electron chi connectivity index (χ1n) is 8.16. The van der Waals surface area contributed by atoms with Crippen molar-refractivity contribution < 1.29 is 4.79 Å². The topological polar surface area (TPSA) is 32.3 Å². The second-order valence-corrected chi connectivity index (χ2v) is 6.79. The molecular formula is C21H20N2OS. The second-order valence-electron chi connectivity index (χ2n) is 5.87. The molecular weight excluding hydrogens is 328 g/mol. The van der Waals surface area contributed by atoms with Crippen molar-refractivity contribution in [1.82, 2.24) is 10.2 Å². The van der Waals surface area contributed by atoms with E-state index in [1.807, 2.05) is 42.3 Å². The lowest BCUT2D eigenvalue weighted by molar-refractivity contribution is -0.121. The first-order valence-corrected chi connectivity index (χ1v) is 9.04. The Labute approximate surface area is 152 Å². The molecule has 0 unspecified atom stereocenters. The molecule has 0 bridgehead atoms. The number of carbonyl (C=O) groups is 1. The van der Waals surface area contributed by atoms with Crippen molar-refractivity contribution >= 4 is 27.3 Å². The van der Waals surface area contributed by atoms with Crippen LogP contribution in [-0.2, 0) is 11.3 Å². The van der Waals surface area contributed by atoms with E-state index in [0.717, 1.165) is 12.1 Å². The summed E-state index contributed by atoms with van der Waals surface area (Å²) < 4.78 is 1.28. The molecule has 2 aromatic carbocycles. The van der Waals surface area contributed by atoms with E-state index in [1.54, 1.807) is 11.3 Å². The summed E-state index contributed by atoms with van der Waals surface area (Å²) in [5.74, 6) is 6.00. The Morgan fingerprint density at radius 1 is 1.12 bits per heavy atom. The predicted octanol–water partition coefficient (Wildman–Crippen LogP) is 3.50. The van der Waals surface area contributed by atoms with E-state index < -0.39 is 0 Å². The number of carbonyl (C=O) groups excluding carboxylic acids is 1. The third-order valence-electron chi connectivity index (χ3n) is 3.80. The van der Waals surface area contributed by atoms with Gasteiger partial charge in [-0.05, 0) is 41.6 Å². The largest absolute Gasteiger partial charge is 0.344 e. The van der Waals surface area contributed by atoms with Gasteiger partial charge in [0, 0.05) is 16.8 Å². The van der Waals surface area contributed by atoms with Gasteiger partial charge in [0.05, 0.1) is 13.1 Å². The van der Waals surface area contributed by atoms with Crippen LogP contribution in [0.25, 0.3) is 10.1 Å². The molecule has 1 amide bonds. The molecule has 0 spiro atoms. The van der Waals surface area contributed by atoms with E-state index in [2.05, 4.69) is 46.8 Å². The van der Waals surface area contributed by atoms with Crippen molar-refractivity contribution in [2.75, 3.05) is 20.1 Å². The summed E-state index contributed by atoms with van der Waals surface area (Å²) in [6, 6.07) is 18.1. The summed E-state index contributed by atoms with van der Waals surface area (Å²) in [6.45, 7) is 1.48. The van der Waals surface area contributed by atoms with Gasteiger partial charge in [-0.2, -0.15) is 0 Å². The number of benzene rings is 2. The van der Waals surface area contributed by atoms with Gasteiger partial charge in [-0.1, -0.05) is 48.2 Å². The molecule has 4 heteroatoms. The highest BCUT2D eigenvalue weighted by Crippen LogP contribution is 2.26. The molecule has 3 rings (SSSR count). The minimum atomic E-state index is -0.00982. The summed E-state index contributed by atoms with van der Waals surface area (Å²) in [7, 11) is 1.96. The molecule has 1 N–H and O–H groups in total. The third kappa shape index (κ3) is 4.93. The molecule has 0 fully saturated rings. The number of nitrogens with one attached hydrogen (secondary N) is 1. The Bertz CT molecular complexity index is 906. The van der Waals surface area contributed by atoms with Gasteiger partial charge in [-0.3, -0.25) is 9.69 Å². The molecule has 1 aromatic heterocycles. The number of rotatable bonds is 5. The molecule has 0 radical (unpaired) electrons. The minimum absolute atomic E-state index is 0.00982. The maximum atomic E-state index is 12.0. The molecule has 25 heavy (non-hydrogen) atoms. The molecule has 0 saturated carbocycles. The zero-order chi connectivity index (χ0) is 17.5. The number of fused-ring (bicyclic) bond motifs is 1. The fraction of sp³-hybridized carbons (Fsp3) is 0.190. The summed E-state index contributed by atoms with van der Waals surface area (Å²) >= 11 is 1.74. The molecule has 0 atom stereocenters. The average Bonchev–Trinajstić information content (AvgIpc) is 3.02. The smallest absolute Gasteiger partial charge is 0.234 e. The van der Waals surface area contributed by atoms with E-state index in [9.17, 15) is 4.79 Å². The molecule has 0 aliphatic heterocycles. The highest BCUT2D eigenvalue weighted by molar-refractivity contribution is 7.17. The number of thiophene rings is 1. The summed E-state index contributed by atoms with van der Waals surface area (Å²) in [6.07, 6.45) is 0. The molecule has 0 saturated heterocycles. The standard InChI is InChI=1S/C21H20N2OS/c1-23(14-18-16-25-20-12-6-5-11-19(18)20)15-21(24)22-13-7-10-17-8-3-2-4-9-17/h2-6,8-9,11-12,16H,13-15H2,1H3,(H,22,24). The Kier molecular flexibility index (Phi) is 5.84. The number of amides is 1. The molecule has 126 valence electrons. The van der Waals surface area contributed by atoms with Crippen LogP contribution in [0.15, 0.2) is 60.0 Å². The van der Waals surface area contributed by atoms with Gasteiger partial charge in [0.2, 0.25) is 5.91 Å². The Morgan fingerprint density at radius 3 is 2.72 bits per heavy atom. The van der Waals surface area contributed by atoms with Gasteiger partial charge < -0.3 is 5.32 Å². The molecule has 3 nitrogen and oxygen atoms in total. The third-order valence-corrected chi connectivity index (χ3v) is 4.81. The Hall–Kier alpha value is -2.61. The van der Waals surface area contributed by atoms with Crippen LogP contribution in [0.2, 0.25) is 0 Å². The van der Waals surface area contributed by atoms with E-state index in [1.165, 1.54) is 15.6 Å². The van der Waals surface area contributed by atoms with Crippen molar-refractivity contribution in [3.05, 3.63) is 71.1 Å². The highest BCUT2D eigenvalue weighted by atomic mass is 32.1. The number of hydrogen-bond donors (Lipinski definition) is 1. The van der Waals surface area contributed by atoms with Crippen LogP contribution < -0.4 is 5.32 Å². The maximum absolute atomic E-state index is 12.0. The fourth-order valence-corrected chi connectivity index (χ4v) is 3.57. The van der Waals surface area contributed by atoms with Crippen LogP contribution in [0.5, 0.6) is 0 Å². The van der Waals surface area contributed by atoms with Crippen LogP contribution in [0.1, 0.15) is 11.1 Å². The zero-order valence-corrected chi connectivity index (χ0v) is 15.0. The zero-order valence-electron chi connectivity index (χ0n) is 14.2. The predicted molar refractivity (Wildman–Crippen MR) is 104 cm³/mol. The molecule has 1 heterocycles. The SMILES string of the molecule is CN(CC(=O)NCC#Cc1ccccc1)Cc1csc2ccccc12. The van der Waals surface area contributed by atoms with Crippen molar-refractivity contribution in [1.29, 1.82) is 0 Å². The first-order chi connectivity index (χ1) is 12.2. The summed E-state index contributed by atoms with van der Waals surface area (Å²) in [5.41, 5.74) is 2.22. The van der Waals surface area contributed by atoms with Crippen molar-refractivity contribution in [3.63, 3.8) is 0 Å². The van der Waals surface area contributed by atoms with E-state index >= 15 is 0 Å². The number of hydrogen-bond acceptors (Lipinski definition) is 3. The van der Waals surface area contributed by atoms with Crippen LogP contribution >= 0.6 is 11.3 Å². The minimum Gasteiger partial charge on any atom is -0.344 e. The van der Waals surface area contributed by atoms with Crippen LogP contribution in [0, 0.1) is 11.8 Å². The quantitative estimate of drug-likeness (QED) is 0.716. The fourth-order valence-electron chi connectivity index (χ4n) is 2.61. The Balaban J connectivity index is 1.47. The normalized spacial score (nSPS) is 10.5. The lowest BCUT2D eigenvalue weighted by atomic mass is 10.2. The van der Waals surface area contributed by atoms with Crippen LogP contribution in [0.3, 0.4) is 0 Å². The Morgan fingerprint density at radius 2 is 1.88 bits per heavy atom. The lowest BCUT2D eigenvalue weighted by Gasteiger charge is -2.15. The monoisotopic (exact) mass is 348 g/mol. The van der Waals surface area contributed by atoms with Crippen molar-refractivity contribution in [2.24, 2.45) is 0 Å². The average molecular weight is 348 g/mol. The summed E-state index contributed by atoms with van der Waals surface area (Å²) in [5, 5.41) is 6.29. The van der Waals surface area contributed by atoms with Crippen molar-refractivity contribution in [3.8, 4) is 11.8 Å². The number of nitrogens with zero attached hydrogens (tertiary/aromatic N) is 1. The molecule has 3 aromatic rings. The van der Waals surface area contributed by atoms with E-state index in [4.69, 9.17) is 0 Å². The summed E-state index contributed by atoms with van der Waals surface area (Å²) in [4.78, 5) is 14.1. The maximum Gasteiger partial charge on any atom is 0.234 e. The van der Waals surface area contributed by atoms with Crippen molar-refractivity contribution in [2.45, 2.75) is 6.54 Å². The highest BCUT2D eigenvalue weighted by Gasteiger charge is 2.09. The number of likely N-dealkylation sites (N-methyl/N-ethyl adjacent to an activating group) is 1. The van der Waals surface area contributed by atoms with Gasteiger partial charge in [0.25, 0.3) is 0 Å². The van der Waals surface area contributed by atoms with Gasteiger partial charge in [-0.15, -0.1) is 11.3 Å². The van der Waals surface area contributed by atoms with Crippen LogP contribution in [-0.4, -0.2) is 30.9 Å². The lowest BCUT2D eigenvalue weighted by Crippen LogP contribution is -2.35. The molecule has 0 aliphatic carbocycles. The van der Waals surface area contributed by atoms with Gasteiger partial charge in [0.15, 0.2) is 0 Å².